The van der Waals surface area contributed by atoms with Crippen molar-refractivity contribution in [3.8, 4) is 16.8 Å². The quantitative estimate of drug-likeness (QED) is 0.374. The highest BCUT2D eigenvalue weighted by atomic mass is 19.4. The maximum Gasteiger partial charge on any atom is 0.416 e. The molecule has 0 unspecified atom stereocenters. The van der Waals surface area contributed by atoms with E-state index in [1.807, 2.05) is 6.92 Å². The van der Waals surface area contributed by atoms with Crippen LogP contribution in [0.4, 0.5) is 26.3 Å². The number of halogens is 6. The van der Waals surface area contributed by atoms with Crippen LogP contribution in [0, 0.1) is 0 Å². The fraction of sp³-hybridized carbons (Fsp3) is 0.273. The van der Waals surface area contributed by atoms with Crippen LogP contribution in [0.2, 0.25) is 0 Å². The lowest BCUT2D eigenvalue weighted by Crippen LogP contribution is -2.28. The number of nitrogens with zero attached hydrogens (tertiary/aromatic N) is 2. The van der Waals surface area contributed by atoms with E-state index in [0.717, 1.165) is 0 Å². The van der Waals surface area contributed by atoms with Gasteiger partial charge in [0.2, 0.25) is 0 Å². The average Bonchev–Trinajstić information content (AvgIpc) is 3.25. The zero-order valence-corrected chi connectivity index (χ0v) is 17.3. The number of carbonyl (C=O) groups is 1. The highest BCUT2D eigenvalue weighted by Crippen LogP contribution is 2.38. The van der Waals surface area contributed by atoms with Crippen molar-refractivity contribution in [1.29, 1.82) is 0 Å². The van der Waals surface area contributed by atoms with Crippen molar-refractivity contribution >= 4 is 5.91 Å². The van der Waals surface area contributed by atoms with E-state index in [9.17, 15) is 31.1 Å². The first-order chi connectivity index (χ1) is 15.5. The summed E-state index contributed by atoms with van der Waals surface area (Å²) in [7, 11) is 0. The monoisotopic (exact) mass is 471 g/mol. The van der Waals surface area contributed by atoms with E-state index in [2.05, 4.69) is 10.3 Å². The number of hydrogen-bond donors (Lipinski definition) is 1. The van der Waals surface area contributed by atoms with Crippen molar-refractivity contribution in [1.82, 2.24) is 14.9 Å². The third kappa shape index (κ3) is 5.92. The first-order valence-electron chi connectivity index (χ1n) is 9.79. The molecule has 0 fully saturated rings. The summed E-state index contributed by atoms with van der Waals surface area (Å²) < 4.78 is 85.4. The van der Waals surface area contributed by atoms with E-state index in [0.29, 0.717) is 31.0 Å². The maximum atomic E-state index is 13.1. The van der Waals surface area contributed by atoms with Gasteiger partial charge in [0.1, 0.15) is 5.69 Å². The van der Waals surface area contributed by atoms with Crippen molar-refractivity contribution in [2.24, 2.45) is 0 Å². The molecule has 0 saturated heterocycles. The maximum absolute atomic E-state index is 13.1. The predicted octanol–water partition coefficient (Wildman–Crippen LogP) is 5.34. The Morgan fingerprint density at radius 1 is 0.970 bits per heavy atom. The minimum Gasteiger partial charge on any atom is -0.380 e. The van der Waals surface area contributed by atoms with Gasteiger partial charge in [0.25, 0.3) is 5.91 Å². The van der Waals surface area contributed by atoms with Crippen molar-refractivity contribution in [2.45, 2.75) is 19.3 Å². The standard InChI is InChI=1S/C22H19F6N3O2/c1-2-33-8-7-30-20(32)19-12-29-13-31(19)18-5-3-14(4-6-18)15-9-16(21(23,24)25)11-17(10-15)22(26,27)28/h3-6,9-13H,2,7-8H2,1H3,(H,30,32). The minimum atomic E-state index is -4.93. The van der Waals surface area contributed by atoms with E-state index in [1.54, 1.807) is 0 Å². The van der Waals surface area contributed by atoms with Crippen LogP contribution in [-0.4, -0.2) is 35.2 Å². The number of imidazole rings is 1. The molecular formula is C22H19F6N3O2. The van der Waals surface area contributed by atoms with Crippen LogP contribution in [0.25, 0.3) is 16.8 Å². The van der Waals surface area contributed by atoms with Gasteiger partial charge in [-0.25, -0.2) is 4.98 Å². The number of carbonyl (C=O) groups excluding carboxylic acids is 1. The summed E-state index contributed by atoms with van der Waals surface area (Å²) in [5, 5.41) is 2.67. The molecule has 3 aromatic rings. The van der Waals surface area contributed by atoms with Crippen LogP contribution < -0.4 is 5.32 Å². The molecular weight excluding hydrogens is 452 g/mol. The minimum absolute atomic E-state index is 0.0831. The molecule has 0 aliphatic heterocycles. The first kappa shape index (κ1) is 24.3. The molecule has 1 amide bonds. The van der Waals surface area contributed by atoms with E-state index < -0.39 is 29.4 Å². The fourth-order valence-electron chi connectivity index (χ4n) is 3.08. The molecule has 0 radical (unpaired) electrons. The number of ether oxygens (including phenoxy) is 1. The Bertz CT molecular complexity index is 1070. The largest absolute Gasteiger partial charge is 0.416 e. The molecule has 0 saturated carbocycles. The number of amides is 1. The third-order valence-corrected chi connectivity index (χ3v) is 4.67. The molecule has 5 nitrogen and oxygen atoms in total. The molecule has 0 aliphatic carbocycles. The average molecular weight is 471 g/mol. The zero-order valence-electron chi connectivity index (χ0n) is 17.3. The molecule has 1 heterocycles. The number of nitrogens with one attached hydrogen (secondary N) is 1. The Balaban J connectivity index is 1.89. The molecule has 11 heteroatoms. The SMILES string of the molecule is CCOCCNC(=O)c1cncn1-c1ccc(-c2cc(C(F)(F)F)cc(C(F)(F)F)c2)cc1. The number of alkyl halides is 6. The van der Waals surface area contributed by atoms with Crippen molar-refractivity contribution in [3.05, 3.63) is 71.8 Å². The lowest BCUT2D eigenvalue weighted by atomic mass is 9.99. The first-order valence-corrected chi connectivity index (χ1v) is 9.79. The van der Waals surface area contributed by atoms with Gasteiger partial charge in [-0.15, -0.1) is 0 Å². The molecule has 0 bridgehead atoms. The molecule has 1 aromatic heterocycles. The van der Waals surface area contributed by atoms with Gasteiger partial charge in [-0.2, -0.15) is 26.3 Å². The molecule has 2 aromatic carbocycles. The van der Waals surface area contributed by atoms with E-state index in [4.69, 9.17) is 4.74 Å². The second-order valence-electron chi connectivity index (χ2n) is 6.94. The van der Waals surface area contributed by atoms with Gasteiger partial charge < -0.3 is 10.1 Å². The Kier molecular flexibility index (Phi) is 7.11. The Hall–Kier alpha value is -3.34. The Morgan fingerprint density at radius 2 is 1.58 bits per heavy atom. The lowest BCUT2D eigenvalue weighted by Gasteiger charge is -2.15. The Morgan fingerprint density at radius 3 is 2.12 bits per heavy atom. The summed E-state index contributed by atoms with van der Waals surface area (Å²) in [6.45, 7) is 2.95. The van der Waals surface area contributed by atoms with Gasteiger partial charge in [0, 0.05) is 18.8 Å². The van der Waals surface area contributed by atoms with Gasteiger partial charge in [-0.05, 0) is 48.4 Å². The van der Waals surface area contributed by atoms with Gasteiger partial charge in [0.15, 0.2) is 0 Å². The number of aromatic nitrogens is 2. The van der Waals surface area contributed by atoms with Gasteiger partial charge in [-0.3, -0.25) is 9.36 Å². The van der Waals surface area contributed by atoms with Crippen molar-refractivity contribution < 1.29 is 35.9 Å². The molecule has 1 N–H and O–H groups in total. The van der Waals surface area contributed by atoms with Crippen molar-refractivity contribution in [2.75, 3.05) is 19.8 Å². The lowest BCUT2D eigenvalue weighted by molar-refractivity contribution is -0.143. The van der Waals surface area contributed by atoms with E-state index in [-0.39, 0.29) is 29.4 Å². The van der Waals surface area contributed by atoms with E-state index in [1.165, 1.54) is 41.4 Å². The Labute approximate surface area is 185 Å². The predicted molar refractivity (Wildman–Crippen MR) is 108 cm³/mol. The van der Waals surface area contributed by atoms with E-state index >= 15 is 0 Å². The fourth-order valence-corrected chi connectivity index (χ4v) is 3.08. The molecule has 0 aliphatic rings. The van der Waals surface area contributed by atoms with Gasteiger partial charge in [-0.1, -0.05) is 12.1 Å². The zero-order chi connectivity index (χ0) is 24.2. The summed E-state index contributed by atoms with van der Waals surface area (Å²) >= 11 is 0. The van der Waals surface area contributed by atoms with Crippen LogP contribution in [0.1, 0.15) is 28.5 Å². The van der Waals surface area contributed by atoms with Crippen LogP contribution in [-0.2, 0) is 17.1 Å². The van der Waals surface area contributed by atoms with Crippen molar-refractivity contribution in [3.63, 3.8) is 0 Å². The topological polar surface area (TPSA) is 56.1 Å². The second kappa shape index (κ2) is 9.65. The number of benzene rings is 2. The highest BCUT2D eigenvalue weighted by Gasteiger charge is 2.37. The molecule has 3 rings (SSSR count). The smallest absolute Gasteiger partial charge is 0.380 e. The summed E-state index contributed by atoms with van der Waals surface area (Å²) in [6, 6.07) is 7.11. The van der Waals surface area contributed by atoms with Crippen LogP contribution in [0.3, 0.4) is 0 Å². The summed E-state index contributed by atoms with van der Waals surface area (Å²) in [4.78, 5) is 16.3. The molecule has 0 atom stereocenters. The van der Waals surface area contributed by atoms with Crippen LogP contribution in [0.15, 0.2) is 55.0 Å². The second-order valence-corrected chi connectivity index (χ2v) is 6.94. The van der Waals surface area contributed by atoms with Crippen LogP contribution >= 0.6 is 0 Å². The molecule has 0 spiro atoms. The summed E-state index contributed by atoms with van der Waals surface area (Å²) in [5.41, 5.74) is -2.21. The van der Waals surface area contributed by atoms with Gasteiger partial charge in [0.05, 0.1) is 30.3 Å². The number of hydrogen-bond acceptors (Lipinski definition) is 3. The molecule has 176 valence electrons. The van der Waals surface area contributed by atoms with Gasteiger partial charge >= 0.3 is 12.4 Å². The molecule has 33 heavy (non-hydrogen) atoms. The summed E-state index contributed by atoms with van der Waals surface area (Å²) in [6.07, 6.45) is -7.15. The normalized spacial score (nSPS) is 12.1. The third-order valence-electron chi connectivity index (χ3n) is 4.67. The summed E-state index contributed by atoms with van der Waals surface area (Å²) in [5.74, 6) is -0.413. The van der Waals surface area contributed by atoms with Crippen LogP contribution in [0.5, 0.6) is 0 Å². The number of rotatable bonds is 7. The highest BCUT2D eigenvalue weighted by molar-refractivity contribution is 5.93.